The first-order chi connectivity index (χ1) is 12.2. The number of carbonyl (C=O) groups excluding carboxylic acids is 1. The first-order valence-electron chi connectivity index (χ1n) is 7.91. The van der Waals surface area contributed by atoms with E-state index in [2.05, 4.69) is 5.32 Å². The number of hydrogen-bond acceptors (Lipinski definition) is 2. The van der Waals surface area contributed by atoms with Gasteiger partial charge in [-0.1, -0.05) is 24.6 Å². The number of anilines is 1. The van der Waals surface area contributed by atoms with Crippen LogP contribution in [0.15, 0.2) is 40.8 Å². The Labute approximate surface area is 152 Å². The van der Waals surface area contributed by atoms with Crippen LogP contribution in [0.2, 0.25) is 5.02 Å². The van der Waals surface area contributed by atoms with Crippen LogP contribution < -0.4 is 5.32 Å². The van der Waals surface area contributed by atoms with E-state index in [4.69, 9.17) is 16.0 Å². The lowest BCUT2D eigenvalue weighted by atomic mass is 10.1. The van der Waals surface area contributed by atoms with Crippen LogP contribution in [0.4, 0.5) is 18.9 Å². The Morgan fingerprint density at radius 1 is 1.19 bits per heavy atom. The van der Waals surface area contributed by atoms with Gasteiger partial charge in [0.2, 0.25) is 0 Å². The quantitative estimate of drug-likeness (QED) is 0.584. The van der Waals surface area contributed by atoms with Crippen molar-refractivity contribution < 1.29 is 22.4 Å². The van der Waals surface area contributed by atoms with Gasteiger partial charge in [-0.25, -0.2) is 0 Å². The molecule has 26 heavy (non-hydrogen) atoms. The van der Waals surface area contributed by atoms with Gasteiger partial charge in [0, 0.05) is 16.6 Å². The average molecular weight is 382 g/mol. The molecule has 3 nitrogen and oxygen atoms in total. The summed E-state index contributed by atoms with van der Waals surface area (Å²) in [6.45, 7) is 3.76. The van der Waals surface area contributed by atoms with Crippen LogP contribution in [0.1, 0.15) is 34.2 Å². The molecule has 0 unspecified atom stereocenters. The van der Waals surface area contributed by atoms with Crippen LogP contribution in [0.3, 0.4) is 0 Å². The molecule has 0 spiro atoms. The van der Waals surface area contributed by atoms with E-state index in [1.54, 1.807) is 13.0 Å². The molecule has 2 aromatic carbocycles. The van der Waals surface area contributed by atoms with Crippen LogP contribution in [0.5, 0.6) is 0 Å². The molecule has 0 atom stereocenters. The fraction of sp³-hybridized carbons (Fsp3) is 0.211. The molecule has 0 radical (unpaired) electrons. The predicted octanol–water partition coefficient (Wildman–Crippen LogP) is 6.23. The molecule has 1 heterocycles. The minimum atomic E-state index is -4.61. The summed E-state index contributed by atoms with van der Waals surface area (Å²) in [5.41, 5.74) is 1.27. The first kappa shape index (κ1) is 18.3. The molecule has 136 valence electrons. The number of fused-ring (bicyclic) bond motifs is 1. The van der Waals surface area contributed by atoms with Crippen LogP contribution in [-0.2, 0) is 12.6 Å². The van der Waals surface area contributed by atoms with Gasteiger partial charge in [0.1, 0.15) is 5.58 Å². The van der Waals surface area contributed by atoms with Crippen molar-refractivity contribution >= 4 is 34.2 Å². The first-order valence-corrected chi connectivity index (χ1v) is 8.28. The van der Waals surface area contributed by atoms with Crippen molar-refractivity contribution in [2.75, 3.05) is 5.32 Å². The van der Waals surface area contributed by atoms with Gasteiger partial charge < -0.3 is 9.73 Å². The third-order valence-electron chi connectivity index (χ3n) is 4.14. The molecule has 0 saturated carbocycles. The zero-order valence-corrected chi connectivity index (χ0v) is 14.8. The Morgan fingerprint density at radius 3 is 2.58 bits per heavy atom. The second-order valence-corrected chi connectivity index (χ2v) is 6.29. The van der Waals surface area contributed by atoms with E-state index in [-0.39, 0.29) is 11.4 Å². The summed E-state index contributed by atoms with van der Waals surface area (Å²) in [6.07, 6.45) is -3.77. The highest BCUT2D eigenvalue weighted by Gasteiger charge is 2.33. The maximum atomic E-state index is 12.9. The Bertz CT molecular complexity index is 992. The third kappa shape index (κ3) is 3.42. The van der Waals surface area contributed by atoms with Gasteiger partial charge in [0.25, 0.3) is 5.91 Å². The van der Waals surface area contributed by atoms with E-state index in [0.717, 1.165) is 29.5 Å². The van der Waals surface area contributed by atoms with Crippen molar-refractivity contribution in [3.05, 3.63) is 63.9 Å². The normalized spacial score (nSPS) is 11.8. The summed E-state index contributed by atoms with van der Waals surface area (Å²) in [4.78, 5) is 12.5. The fourth-order valence-electron chi connectivity index (χ4n) is 2.71. The molecule has 0 aliphatic heterocycles. The summed E-state index contributed by atoms with van der Waals surface area (Å²) >= 11 is 5.59. The minimum Gasteiger partial charge on any atom is -0.451 e. The molecular formula is C19H15ClF3NO2. The monoisotopic (exact) mass is 381 g/mol. The van der Waals surface area contributed by atoms with Gasteiger partial charge in [-0.05, 0) is 49.2 Å². The SMILES string of the molecule is CCc1ccc2oc(C(=O)Nc3ccc(Cl)c(C(F)(F)F)c3)c(C)c2c1. The zero-order valence-electron chi connectivity index (χ0n) is 14.0. The molecule has 1 N–H and O–H groups in total. The number of hydrogen-bond donors (Lipinski definition) is 1. The predicted molar refractivity (Wildman–Crippen MR) is 94.7 cm³/mol. The van der Waals surface area contributed by atoms with Gasteiger partial charge in [-0.2, -0.15) is 13.2 Å². The molecule has 0 bridgehead atoms. The second-order valence-electron chi connectivity index (χ2n) is 5.89. The topological polar surface area (TPSA) is 42.2 Å². The third-order valence-corrected chi connectivity index (χ3v) is 4.47. The van der Waals surface area contributed by atoms with Gasteiger partial charge in [-0.15, -0.1) is 0 Å². The van der Waals surface area contributed by atoms with E-state index >= 15 is 0 Å². The lowest BCUT2D eigenvalue weighted by Gasteiger charge is -2.11. The summed E-state index contributed by atoms with van der Waals surface area (Å²) in [5.74, 6) is -0.552. The highest BCUT2D eigenvalue weighted by Crippen LogP contribution is 2.36. The number of benzene rings is 2. The Hall–Kier alpha value is -2.47. The number of rotatable bonds is 3. The van der Waals surface area contributed by atoms with E-state index < -0.39 is 22.7 Å². The van der Waals surface area contributed by atoms with Gasteiger partial charge >= 0.3 is 6.18 Å². The van der Waals surface area contributed by atoms with E-state index in [1.807, 2.05) is 19.1 Å². The number of alkyl halides is 3. The molecule has 3 rings (SSSR count). The zero-order chi connectivity index (χ0) is 19.1. The molecule has 1 aromatic heterocycles. The maximum absolute atomic E-state index is 12.9. The lowest BCUT2D eigenvalue weighted by molar-refractivity contribution is -0.137. The maximum Gasteiger partial charge on any atom is 0.417 e. The summed E-state index contributed by atoms with van der Waals surface area (Å²) in [7, 11) is 0. The standard InChI is InChI=1S/C19H15ClF3NO2/c1-3-11-4-7-16-13(8-11)10(2)17(26-16)18(25)24-12-5-6-15(20)14(9-12)19(21,22)23/h4-9H,3H2,1-2H3,(H,24,25). The summed E-state index contributed by atoms with van der Waals surface area (Å²) in [6, 6.07) is 8.83. The molecule has 1 amide bonds. The Morgan fingerprint density at radius 2 is 1.92 bits per heavy atom. The summed E-state index contributed by atoms with van der Waals surface area (Å²) < 4.78 is 44.4. The van der Waals surface area contributed by atoms with Gasteiger partial charge in [0.05, 0.1) is 10.6 Å². The van der Waals surface area contributed by atoms with Crippen LogP contribution >= 0.6 is 11.6 Å². The molecule has 7 heteroatoms. The number of halogens is 4. The van der Waals surface area contributed by atoms with E-state index in [9.17, 15) is 18.0 Å². The molecular weight excluding hydrogens is 367 g/mol. The smallest absolute Gasteiger partial charge is 0.417 e. The summed E-state index contributed by atoms with van der Waals surface area (Å²) in [5, 5.41) is 2.82. The average Bonchev–Trinajstić information content (AvgIpc) is 2.92. The molecule has 0 fully saturated rings. The molecule has 0 saturated heterocycles. The number of amides is 1. The minimum absolute atomic E-state index is 0.0131. The van der Waals surface area contributed by atoms with Crippen molar-refractivity contribution in [3.63, 3.8) is 0 Å². The van der Waals surface area contributed by atoms with Gasteiger partial charge in [0.15, 0.2) is 5.76 Å². The highest BCUT2D eigenvalue weighted by atomic mass is 35.5. The van der Waals surface area contributed by atoms with Crippen molar-refractivity contribution in [3.8, 4) is 0 Å². The van der Waals surface area contributed by atoms with Gasteiger partial charge in [-0.3, -0.25) is 4.79 Å². The molecule has 3 aromatic rings. The molecule has 0 aliphatic rings. The van der Waals surface area contributed by atoms with Crippen molar-refractivity contribution in [2.24, 2.45) is 0 Å². The lowest BCUT2D eigenvalue weighted by Crippen LogP contribution is -2.13. The number of carbonyl (C=O) groups is 1. The highest BCUT2D eigenvalue weighted by molar-refractivity contribution is 6.31. The Kier molecular flexibility index (Phi) is 4.71. The number of aryl methyl sites for hydroxylation is 2. The number of furan rings is 1. The fourth-order valence-corrected chi connectivity index (χ4v) is 2.94. The van der Waals surface area contributed by atoms with Crippen LogP contribution in [0.25, 0.3) is 11.0 Å². The van der Waals surface area contributed by atoms with Crippen molar-refractivity contribution in [2.45, 2.75) is 26.4 Å². The molecule has 0 aliphatic carbocycles. The van der Waals surface area contributed by atoms with E-state index in [1.165, 1.54) is 6.07 Å². The van der Waals surface area contributed by atoms with Crippen LogP contribution in [-0.4, -0.2) is 5.91 Å². The van der Waals surface area contributed by atoms with Crippen molar-refractivity contribution in [1.82, 2.24) is 0 Å². The number of nitrogens with one attached hydrogen (secondary N) is 1. The largest absolute Gasteiger partial charge is 0.451 e. The van der Waals surface area contributed by atoms with Crippen molar-refractivity contribution in [1.29, 1.82) is 0 Å². The van der Waals surface area contributed by atoms with E-state index in [0.29, 0.717) is 11.1 Å². The Balaban J connectivity index is 1.94. The van der Waals surface area contributed by atoms with Crippen LogP contribution in [0, 0.1) is 6.92 Å². The second kappa shape index (κ2) is 6.68.